The Balaban J connectivity index is 1.92. The first-order valence-corrected chi connectivity index (χ1v) is 7.92. The Labute approximate surface area is 150 Å². The van der Waals surface area contributed by atoms with E-state index in [1.165, 1.54) is 14.0 Å². The van der Waals surface area contributed by atoms with Crippen molar-refractivity contribution in [1.82, 2.24) is 0 Å². The molecule has 3 rings (SSSR count). The van der Waals surface area contributed by atoms with Crippen molar-refractivity contribution in [3.63, 3.8) is 0 Å². The molecular formula is C20H17NO5. The van der Waals surface area contributed by atoms with Crippen molar-refractivity contribution in [2.24, 2.45) is 4.99 Å². The lowest BCUT2D eigenvalue weighted by Crippen LogP contribution is -2.05. The summed E-state index contributed by atoms with van der Waals surface area (Å²) in [6.45, 7) is 3.29. The van der Waals surface area contributed by atoms with Gasteiger partial charge in [-0.25, -0.2) is 9.79 Å². The molecule has 0 atom stereocenters. The molecule has 1 aliphatic heterocycles. The van der Waals surface area contributed by atoms with Gasteiger partial charge < -0.3 is 14.2 Å². The highest BCUT2D eigenvalue weighted by Gasteiger charge is 2.24. The Morgan fingerprint density at radius 2 is 1.88 bits per heavy atom. The van der Waals surface area contributed by atoms with E-state index < -0.39 is 11.9 Å². The molecule has 0 aliphatic carbocycles. The second kappa shape index (κ2) is 7.23. The Morgan fingerprint density at radius 3 is 2.54 bits per heavy atom. The van der Waals surface area contributed by atoms with Crippen LogP contribution in [0.3, 0.4) is 0 Å². The first-order chi connectivity index (χ1) is 12.5. The van der Waals surface area contributed by atoms with Crippen LogP contribution in [0.25, 0.3) is 6.08 Å². The van der Waals surface area contributed by atoms with E-state index in [0.29, 0.717) is 17.1 Å². The number of methoxy groups -OCH3 is 1. The molecule has 0 aromatic heterocycles. The fourth-order valence-corrected chi connectivity index (χ4v) is 2.42. The van der Waals surface area contributed by atoms with E-state index >= 15 is 0 Å². The van der Waals surface area contributed by atoms with E-state index in [1.807, 2.05) is 31.2 Å². The Kier molecular flexibility index (Phi) is 4.84. The maximum atomic E-state index is 12.1. The van der Waals surface area contributed by atoms with E-state index in [2.05, 4.69) is 4.99 Å². The predicted molar refractivity (Wildman–Crippen MR) is 96.1 cm³/mol. The van der Waals surface area contributed by atoms with E-state index in [4.69, 9.17) is 14.2 Å². The zero-order valence-electron chi connectivity index (χ0n) is 14.6. The molecule has 0 saturated carbocycles. The molecule has 1 heterocycles. The van der Waals surface area contributed by atoms with Gasteiger partial charge in [-0.2, -0.15) is 0 Å². The standard InChI is InChI=1S/C20H17NO5/c1-12-4-6-14(7-5-12)19-21-17(20(23)26-19)10-15-8-9-16(25-13(2)22)11-18(15)24-3/h4-11H,1-3H3/b17-10-. The van der Waals surface area contributed by atoms with Crippen molar-refractivity contribution in [3.05, 3.63) is 64.9 Å². The maximum Gasteiger partial charge on any atom is 0.363 e. The van der Waals surface area contributed by atoms with Gasteiger partial charge in [0.25, 0.3) is 0 Å². The monoisotopic (exact) mass is 351 g/mol. The number of aliphatic imine (C=N–C) groups is 1. The summed E-state index contributed by atoms with van der Waals surface area (Å²) in [7, 11) is 1.49. The first-order valence-electron chi connectivity index (χ1n) is 7.92. The van der Waals surface area contributed by atoms with Gasteiger partial charge in [0.05, 0.1) is 7.11 Å². The minimum atomic E-state index is -0.535. The quantitative estimate of drug-likeness (QED) is 0.480. The highest BCUT2D eigenvalue weighted by Crippen LogP contribution is 2.28. The van der Waals surface area contributed by atoms with Gasteiger partial charge in [0, 0.05) is 24.1 Å². The van der Waals surface area contributed by atoms with Crippen molar-refractivity contribution in [2.75, 3.05) is 7.11 Å². The number of nitrogens with zero attached hydrogens (tertiary/aromatic N) is 1. The summed E-state index contributed by atoms with van der Waals surface area (Å²) in [5.74, 6) is 0.102. The molecule has 0 saturated heterocycles. The topological polar surface area (TPSA) is 74.2 Å². The van der Waals surface area contributed by atoms with Crippen LogP contribution in [0.4, 0.5) is 0 Å². The lowest BCUT2D eigenvalue weighted by molar-refractivity contribution is -0.132. The Morgan fingerprint density at radius 1 is 1.15 bits per heavy atom. The molecule has 0 radical (unpaired) electrons. The number of rotatable bonds is 4. The molecule has 0 spiro atoms. The van der Waals surface area contributed by atoms with Crippen LogP contribution < -0.4 is 9.47 Å². The van der Waals surface area contributed by atoms with Gasteiger partial charge in [-0.1, -0.05) is 17.7 Å². The van der Waals surface area contributed by atoms with Gasteiger partial charge in [-0.15, -0.1) is 0 Å². The smallest absolute Gasteiger partial charge is 0.363 e. The van der Waals surface area contributed by atoms with Crippen LogP contribution in [-0.2, 0) is 14.3 Å². The van der Waals surface area contributed by atoms with Crippen LogP contribution in [-0.4, -0.2) is 24.9 Å². The summed E-state index contributed by atoms with van der Waals surface area (Å²) >= 11 is 0. The van der Waals surface area contributed by atoms with Crippen LogP contribution in [0.15, 0.2) is 53.2 Å². The second-order valence-electron chi connectivity index (χ2n) is 5.70. The van der Waals surface area contributed by atoms with Gasteiger partial charge in [0.15, 0.2) is 5.70 Å². The van der Waals surface area contributed by atoms with Crippen molar-refractivity contribution in [3.8, 4) is 11.5 Å². The molecular weight excluding hydrogens is 334 g/mol. The van der Waals surface area contributed by atoms with Crippen LogP contribution in [0.2, 0.25) is 0 Å². The van der Waals surface area contributed by atoms with E-state index in [-0.39, 0.29) is 11.6 Å². The summed E-state index contributed by atoms with van der Waals surface area (Å²) in [5.41, 5.74) is 2.61. The Hall–Kier alpha value is -3.41. The van der Waals surface area contributed by atoms with Crippen molar-refractivity contribution in [1.29, 1.82) is 0 Å². The number of ether oxygens (including phenoxy) is 3. The normalized spacial score (nSPS) is 14.8. The highest BCUT2D eigenvalue weighted by molar-refractivity contribution is 6.13. The molecule has 0 N–H and O–H groups in total. The summed E-state index contributed by atoms with van der Waals surface area (Å²) < 4.78 is 15.6. The zero-order chi connectivity index (χ0) is 18.7. The molecule has 0 fully saturated rings. The predicted octanol–water partition coefficient (Wildman–Crippen LogP) is 3.27. The van der Waals surface area contributed by atoms with Gasteiger partial charge in [0.1, 0.15) is 11.5 Å². The highest BCUT2D eigenvalue weighted by atomic mass is 16.6. The number of carbonyl (C=O) groups is 2. The van der Waals surface area contributed by atoms with Crippen LogP contribution >= 0.6 is 0 Å². The third-order valence-corrected chi connectivity index (χ3v) is 3.68. The third-order valence-electron chi connectivity index (χ3n) is 3.68. The van der Waals surface area contributed by atoms with Gasteiger partial charge in [0.2, 0.25) is 5.90 Å². The summed E-state index contributed by atoms with van der Waals surface area (Å²) in [6.07, 6.45) is 1.57. The number of cyclic esters (lactones) is 1. The second-order valence-corrected chi connectivity index (χ2v) is 5.70. The summed E-state index contributed by atoms with van der Waals surface area (Å²) in [6, 6.07) is 12.4. The molecule has 132 valence electrons. The maximum absolute atomic E-state index is 12.1. The van der Waals surface area contributed by atoms with E-state index in [1.54, 1.807) is 24.3 Å². The molecule has 26 heavy (non-hydrogen) atoms. The molecule has 2 aromatic carbocycles. The molecule has 6 heteroatoms. The lowest BCUT2D eigenvalue weighted by Gasteiger charge is -2.07. The minimum absolute atomic E-state index is 0.166. The SMILES string of the molecule is COc1cc(OC(C)=O)ccc1/C=C1\N=C(c2ccc(C)cc2)OC1=O. The first kappa shape index (κ1) is 17.4. The number of hydrogen-bond acceptors (Lipinski definition) is 6. The third kappa shape index (κ3) is 3.80. The van der Waals surface area contributed by atoms with Gasteiger partial charge >= 0.3 is 11.9 Å². The molecule has 0 bridgehead atoms. The number of aryl methyl sites for hydroxylation is 1. The molecule has 0 unspecified atom stereocenters. The lowest BCUT2D eigenvalue weighted by atomic mass is 10.1. The van der Waals surface area contributed by atoms with Crippen molar-refractivity contribution >= 4 is 23.9 Å². The van der Waals surface area contributed by atoms with Gasteiger partial charge in [-0.3, -0.25) is 4.79 Å². The van der Waals surface area contributed by atoms with Crippen molar-refractivity contribution < 1.29 is 23.8 Å². The number of benzene rings is 2. The number of hydrogen-bond donors (Lipinski definition) is 0. The fourth-order valence-electron chi connectivity index (χ4n) is 2.42. The fraction of sp³-hybridized carbons (Fsp3) is 0.150. The molecule has 6 nitrogen and oxygen atoms in total. The summed E-state index contributed by atoms with van der Waals surface area (Å²) in [5, 5.41) is 0. The largest absolute Gasteiger partial charge is 0.496 e. The average molecular weight is 351 g/mol. The summed E-state index contributed by atoms with van der Waals surface area (Å²) in [4.78, 5) is 27.5. The Bertz CT molecular complexity index is 926. The molecule has 2 aromatic rings. The van der Waals surface area contributed by atoms with Gasteiger partial charge in [-0.05, 0) is 37.3 Å². The minimum Gasteiger partial charge on any atom is -0.496 e. The van der Waals surface area contributed by atoms with Crippen LogP contribution in [0.1, 0.15) is 23.6 Å². The molecule has 0 amide bonds. The number of carbonyl (C=O) groups excluding carboxylic acids is 2. The van der Waals surface area contributed by atoms with Crippen LogP contribution in [0.5, 0.6) is 11.5 Å². The zero-order valence-corrected chi connectivity index (χ0v) is 14.6. The van der Waals surface area contributed by atoms with E-state index in [9.17, 15) is 9.59 Å². The van der Waals surface area contributed by atoms with Crippen LogP contribution in [0, 0.1) is 6.92 Å². The average Bonchev–Trinajstić information content (AvgIpc) is 2.97. The van der Waals surface area contributed by atoms with E-state index in [0.717, 1.165) is 11.1 Å². The molecule has 1 aliphatic rings. The van der Waals surface area contributed by atoms with Crippen molar-refractivity contribution in [2.45, 2.75) is 13.8 Å². The number of esters is 2.